The first kappa shape index (κ1) is 13.8. The molecule has 2 N–H and O–H groups in total. The predicted octanol–water partition coefficient (Wildman–Crippen LogP) is 1.78. The standard InChI is InChI=1S/C9H13N3OS2.ClH/c1-5-6(2)15-9(11-5)12-8(13)7-3-14-4-10-7;/h7,10H,3-4H2,1-2H3,(H,11,12,13);1H. The fraction of sp³-hybridized carbons (Fsp3) is 0.556. The normalized spacial score (nSPS) is 19.2. The summed E-state index contributed by atoms with van der Waals surface area (Å²) < 4.78 is 0. The van der Waals surface area contributed by atoms with Crippen molar-refractivity contribution in [1.29, 1.82) is 0 Å². The highest BCUT2D eigenvalue weighted by atomic mass is 35.5. The number of aromatic nitrogens is 1. The third-order valence-corrected chi connectivity index (χ3v) is 4.22. The Bertz CT molecular complexity index is 357. The predicted molar refractivity (Wildman–Crippen MR) is 71.7 cm³/mol. The highest BCUT2D eigenvalue weighted by Crippen LogP contribution is 2.21. The highest BCUT2D eigenvalue weighted by Gasteiger charge is 2.23. The van der Waals surface area contributed by atoms with Gasteiger partial charge in [0.1, 0.15) is 0 Å². The van der Waals surface area contributed by atoms with Crippen LogP contribution in [0.2, 0.25) is 0 Å². The van der Waals surface area contributed by atoms with Gasteiger partial charge >= 0.3 is 0 Å². The molecule has 1 fully saturated rings. The summed E-state index contributed by atoms with van der Waals surface area (Å²) in [6, 6.07) is -0.0699. The minimum atomic E-state index is -0.0699. The molecule has 90 valence electrons. The maximum Gasteiger partial charge on any atom is 0.244 e. The summed E-state index contributed by atoms with van der Waals surface area (Å²) in [7, 11) is 0. The average Bonchev–Trinajstić information content (AvgIpc) is 2.77. The van der Waals surface area contributed by atoms with Crippen molar-refractivity contribution >= 4 is 46.5 Å². The van der Waals surface area contributed by atoms with Crippen molar-refractivity contribution in [2.75, 3.05) is 16.9 Å². The van der Waals surface area contributed by atoms with Gasteiger partial charge in [0.15, 0.2) is 5.13 Å². The Kier molecular flexibility index (Phi) is 5.04. The van der Waals surface area contributed by atoms with Gasteiger partial charge in [-0.25, -0.2) is 4.98 Å². The SMILES string of the molecule is Cc1nc(NC(=O)C2CSCN2)sc1C.Cl. The molecule has 1 unspecified atom stereocenters. The van der Waals surface area contributed by atoms with E-state index in [1.807, 2.05) is 13.8 Å². The van der Waals surface area contributed by atoms with E-state index < -0.39 is 0 Å². The van der Waals surface area contributed by atoms with Gasteiger partial charge in [0.2, 0.25) is 5.91 Å². The number of nitrogens with one attached hydrogen (secondary N) is 2. The number of aryl methyl sites for hydroxylation is 2. The number of halogens is 1. The van der Waals surface area contributed by atoms with E-state index in [4.69, 9.17) is 0 Å². The number of amides is 1. The van der Waals surface area contributed by atoms with Crippen LogP contribution >= 0.6 is 35.5 Å². The van der Waals surface area contributed by atoms with Crippen molar-refractivity contribution in [3.8, 4) is 0 Å². The Balaban J connectivity index is 0.00000128. The zero-order valence-electron chi connectivity index (χ0n) is 9.07. The molecular weight excluding hydrogens is 266 g/mol. The van der Waals surface area contributed by atoms with Crippen molar-refractivity contribution in [2.45, 2.75) is 19.9 Å². The van der Waals surface area contributed by atoms with Crippen LogP contribution in [0, 0.1) is 13.8 Å². The number of hydrogen-bond acceptors (Lipinski definition) is 5. The van der Waals surface area contributed by atoms with Crippen LogP contribution in [0.25, 0.3) is 0 Å². The number of anilines is 1. The maximum absolute atomic E-state index is 11.7. The average molecular weight is 280 g/mol. The fourth-order valence-corrected chi connectivity index (χ4v) is 3.04. The number of nitrogens with zero attached hydrogens (tertiary/aromatic N) is 1. The van der Waals surface area contributed by atoms with Crippen LogP contribution in [0.4, 0.5) is 5.13 Å². The van der Waals surface area contributed by atoms with Gasteiger partial charge in [0.05, 0.1) is 11.7 Å². The van der Waals surface area contributed by atoms with E-state index in [-0.39, 0.29) is 24.4 Å². The molecule has 1 atom stereocenters. The topological polar surface area (TPSA) is 54.0 Å². The lowest BCUT2D eigenvalue weighted by molar-refractivity contribution is -0.117. The molecule has 1 aliphatic rings. The van der Waals surface area contributed by atoms with Crippen LogP contribution in [-0.2, 0) is 4.79 Å². The third kappa shape index (κ3) is 3.10. The van der Waals surface area contributed by atoms with E-state index in [0.29, 0.717) is 5.13 Å². The summed E-state index contributed by atoms with van der Waals surface area (Å²) >= 11 is 3.26. The Morgan fingerprint density at radius 2 is 2.31 bits per heavy atom. The van der Waals surface area contributed by atoms with Crippen molar-refractivity contribution < 1.29 is 4.79 Å². The number of thiazole rings is 1. The summed E-state index contributed by atoms with van der Waals surface area (Å²) in [6.07, 6.45) is 0. The van der Waals surface area contributed by atoms with Crippen LogP contribution in [-0.4, -0.2) is 28.6 Å². The molecule has 2 rings (SSSR count). The van der Waals surface area contributed by atoms with Crippen LogP contribution in [0.5, 0.6) is 0 Å². The minimum Gasteiger partial charge on any atom is -0.301 e. The molecule has 1 aromatic heterocycles. The molecule has 2 heterocycles. The van der Waals surface area contributed by atoms with Crippen LogP contribution in [0.15, 0.2) is 0 Å². The third-order valence-electron chi connectivity index (χ3n) is 2.29. The van der Waals surface area contributed by atoms with Gasteiger partial charge in [-0.3, -0.25) is 10.1 Å². The number of hydrogen-bond donors (Lipinski definition) is 2. The number of rotatable bonds is 2. The lowest BCUT2D eigenvalue weighted by Gasteiger charge is -2.07. The number of thioether (sulfide) groups is 1. The Morgan fingerprint density at radius 3 is 2.81 bits per heavy atom. The zero-order valence-corrected chi connectivity index (χ0v) is 11.5. The van der Waals surface area contributed by atoms with E-state index in [9.17, 15) is 4.79 Å². The van der Waals surface area contributed by atoms with Gasteiger partial charge in [0, 0.05) is 16.5 Å². The van der Waals surface area contributed by atoms with E-state index in [0.717, 1.165) is 22.2 Å². The van der Waals surface area contributed by atoms with Crippen LogP contribution in [0.3, 0.4) is 0 Å². The first-order chi connectivity index (χ1) is 7.16. The van der Waals surface area contributed by atoms with E-state index >= 15 is 0 Å². The second-order valence-electron chi connectivity index (χ2n) is 3.42. The Morgan fingerprint density at radius 1 is 1.56 bits per heavy atom. The molecule has 1 aromatic rings. The largest absolute Gasteiger partial charge is 0.301 e. The molecular formula is C9H14ClN3OS2. The molecule has 0 aliphatic carbocycles. The van der Waals surface area contributed by atoms with Gasteiger partial charge in [-0.05, 0) is 13.8 Å². The quantitative estimate of drug-likeness (QED) is 0.867. The molecule has 7 heteroatoms. The van der Waals surface area contributed by atoms with Crippen molar-refractivity contribution in [3.63, 3.8) is 0 Å². The zero-order chi connectivity index (χ0) is 10.8. The van der Waals surface area contributed by atoms with Crippen molar-refractivity contribution in [2.24, 2.45) is 0 Å². The first-order valence-corrected chi connectivity index (χ1v) is 6.70. The summed E-state index contributed by atoms with van der Waals surface area (Å²) in [6.45, 7) is 3.96. The van der Waals surface area contributed by atoms with Gasteiger partial charge < -0.3 is 5.32 Å². The monoisotopic (exact) mass is 279 g/mol. The van der Waals surface area contributed by atoms with Crippen LogP contribution < -0.4 is 10.6 Å². The van der Waals surface area contributed by atoms with E-state index in [2.05, 4.69) is 15.6 Å². The molecule has 1 amide bonds. The van der Waals surface area contributed by atoms with Gasteiger partial charge in [0.25, 0.3) is 0 Å². The molecule has 0 saturated carbocycles. The summed E-state index contributed by atoms with van der Waals surface area (Å²) in [5, 5.41) is 6.67. The van der Waals surface area contributed by atoms with E-state index in [1.165, 1.54) is 11.3 Å². The minimum absolute atomic E-state index is 0. The number of carbonyl (C=O) groups excluding carboxylic acids is 1. The molecule has 0 aromatic carbocycles. The smallest absolute Gasteiger partial charge is 0.244 e. The summed E-state index contributed by atoms with van der Waals surface area (Å²) in [4.78, 5) is 17.1. The molecule has 16 heavy (non-hydrogen) atoms. The molecule has 1 saturated heterocycles. The molecule has 4 nitrogen and oxygen atoms in total. The summed E-state index contributed by atoms with van der Waals surface area (Å²) in [5.74, 6) is 1.72. The van der Waals surface area contributed by atoms with E-state index in [1.54, 1.807) is 11.8 Å². The van der Waals surface area contributed by atoms with Gasteiger partial charge in [-0.2, -0.15) is 0 Å². The molecule has 0 spiro atoms. The molecule has 0 radical (unpaired) electrons. The lowest BCUT2D eigenvalue weighted by Crippen LogP contribution is -2.37. The maximum atomic E-state index is 11.7. The van der Waals surface area contributed by atoms with Gasteiger partial charge in [-0.1, -0.05) is 0 Å². The fourth-order valence-electron chi connectivity index (χ4n) is 1.28. The summed E-state index contributed by atoms with van der Waals surface area (Å²) in [5.41, 5.74) is 0.990. The first-order valence-electron chi connectivity index (χ1n) is 4.73. The number of carbonyl (C=O) groups is 1. The van der Waals surface area contributed by atoms with Gasteiger partial charge in [-0.15, -0.1) is 35.5 Å². The highest BCUT2D eigenvalue weighted by molar-refractivity contribution is 7.99. The van der Waals surface area contributed by atoms with Crippen molar-refractivity contribution in [3.05, 3.63) is 10.6 Å². The Labute approximate surface area is 109 Å². The second-order valence-corrected chi connectivity index (χ2v) is 5.66. The Hall–Kier alpha value is -0.300. The second kappa shape index (κ2) is 5.86. The van der Waals surface area contributed by atoms with Crippen molar-refractivity contribution in [1.82, 2.24) is 10.3 Å². The lowest BCUT2D eigenvalue weighted by atomic mass is 10.3. The molecule has 0 bridgehead atoms. The van der Waals surface area contributed by atoms with Crippen LogP contribution in [0.1, 0.15) is 10.6 Å². The molecule has 1 aliphatic heterocycles.